The molecule has 0 spiro atoms. The summed E-state index contributed by atoms with van der Waals surface area (Å²) in [4.78, 5) is 22.6. The molecule has 1 saturated heterocycles. The quantitative estimate of drug-likeness (QED) is 0.431. The summed E-state index contributed by atoms with van der Waals surface area (Å²) in [6.45, 7) is 1.17. The lowest BCUT2D eigenvalue weighted by atomic mass is 10.1. The highest BCUT2D eigenvalue weighted by Crippen LogP contribution is 2.07. The van der Waals surface area contributed by atoms with Crippen LogP contribution in [0.25, 0.3) is 0 Å². The predicted octanol–water partition coefficient (Wildman–Crippen LogP) is 0.761. The summed E-state index contributed by atoms with van der Waals surface area (Å²) in [5.41, 5.74) is 0. The number of hydrogen-bond donors (Lipinski definition) is 3. The number of ether oxygens (including phenoxy) is 1. The first-order valence-electron chi connectivity index (χ1n) is 7.39. The van der Waals surface area contributed by atoms with Gasteiger partial charge in [-0.1, -0.05) is 19.3 Å². The fourth-order valence-electron chi connectivity index (χ4n) is 2.28. The van der Waals surface area contributed by atoms with E-state index < -0.39 is 6.10 Å². The molecular formula is C14H27ClN2O4. The number of esters is 1. The molecular weight excluding hydrogens is 296 g/mol. The van der Waals surface area contributed by atoms with Crippen molar-refractivity contribution in [2.24, 2.45) is 0 Å². The van der Waals surface area contributed by atoms with Gasteiger partial charge in [-0.05, 0) is 19.3 Å². The SMILES string of the molecule is COC(=O)CCCCCCCNC(=O)C1CC(O)CN1.Cl. The Hall–Kier alpha value is -0.850. The van der Waals surface area contributed by atoms with Crippen molar-refractivity contribution < 1.29 is 19.4 Å². The van der Waals surface area contributed by atoms with Crippen LogP contribution < -0.4 is 10.6 Å². The molecule has 7 heteroatoms. The minimum Gasteiger partial charge on any atom is -0.469 e. The third kappa shape index (κ3) is 8.90. The molecule has 21 heavy (non-hydrogen) atoms. The normalized spacial score (nSPS) is 20.7. The molecule has 1 aliphatic rings. The van der Waals surface area contributed by atoms with Crippen LogP contribution in [0.5, 0.6) is 0 Å². The molecule has 0 bridgehead atoms. The number of aliphatic hydroxyl groups excluding tert-OH is 1. The average molecular weight is 323 g/mol. The van der Waals surface area contributed by atoms with E-state index in [-0.39, 0.29) is 30.3 Å². The maximum absolute atomic E-state index is 11.7. The van der Waals surface area contributed by atoms with Gasteiger partial charge < -0.3 is 20.5 Å². The first-order chi connectivity index (χ1) is 9.63. The zero-order valence-corrected chi connectivity index (χ0v) is 13.4. The van der Waals surface area contributed by atoms with Crippen molar-refractivity contribution in [2.45, 2.75) is 57.1 Å². The summed E-state index contributed by atoms with van der Waals surface area (Å²) in [6, 6.07) is -0.245. The van der Waals surface area contributed by atoms with Crippen molar-refractivity contribution in [3.63, 3.8) is 0 Å². The van der Waals surface area contributed by atoms with Gasteiger partial charge in [-0.3, -0.25) is 9.59 Å². The molecule has 0 saturated carbocycles. The van der Waals surface area contributed by atoms with Crippen LogP contribution in [0.2, 0.25) is 0 Å². The molecule has 2 atom stereocenters. The molecule has 0 aromatic carbocycles. The summed E-state index contributed by atoms with van der Waals surface area (Å²) in [5.74, 6) is -0.171. The van der Waals surface area contributed by atoms with E-state index in [4.69, 9.17) is 0 Å². The number of halogens is 1. The zero-order valence-electron chi connectivity index (χ0n) is 12.6. The maximum Gasteiger partial charge on any atom is 0.305 e. The summed E-state index contributed by atoms with van der Waals surface area (Å²) < 4.78 is 4.57. The fourth-order valence-corrected chi connectivity index (χ4v) is 2.28. The van der Waals surface area contributed by atoms with Crippen molar-refractivity contribution in [3.05, 3.63) is 0 Å². The second-order valence-electron chi connectivity index (χ2n) is 5.24. The van der Waals surface area contributed by atoms with Crippen LogP contribution in [0, 0.1) is 0 Å². The number of methoxy groups -OCH3 is 1. The summed E-state index contributed by atoms with van der Waals surface area (Å²) in [5, 5.41) is 15.2. The van der Waals surface area contributed by atoms with Gasteiger partial charge in [-0.2, -0.15) is 0 Å². The van der Waals surface area contributed by atoms with Gasteiger partial charge in [0.2, 0.25) is 5.91 Å². The number of β-amino-alcohol motifs (C(OH)–C–C–N with tert-alkyl or cyclic N) is 1. The highest BCUT2D eigenvalue weighted by Gasteiger charge is 2.27. The largest absolute Gasteiger partial charge is 0.469 e. The lowest BCUT2D eigenvalue weighted by molar-refractivity contribution is -0.140. The molecule has 1 aliphatic heterocycles. The van der Waals surface area contributed by atoms with E-state index in [1.54, 1.807) is 0 Å². The Bertz CT molecular complexity index is 315. The minimum absolute atomic E-state index is 0. The molecule has 1 amide bonds. The first kappa shape index (κ1) is 20.1. The number of unbranched alkanes of at least 4 members (excludes halogenated alkanes) is 4. The summed E-state index contributed by atoms with van der Waals surface area (Å²) in [6.07, 6.45) is 5.51. The summed E-state index contributed by atoms with van der Waals surface area (Å²) >= 11 is 0. The number of aliphatic hydroxyl groups is 1. The Morgan fingerprint density at radius 2 is 1.90 bits per heavy atom. The van der Waals surface area contributed by atoms with Crippen molar-refractivity contribution >= 4 is 24.3 Å². The third-order valence-corrected chi connectivity index (χ3v) is 3.51. The number of amides is 1. The molecule has 1 heterocycles. The summed E-state index contributed by atoms with van der Waals surface area (Å²) in [7, 11) is 1.41. The Morgan fingerprint density at radius 3 is 2.52 bits per heavy atom. The number of nitrogens with one attached hydrogen (secondary N) is 2. The minimum atomic E-state index is -0.402. The number of hydrogen-bond acceptors (Lipinski definition) is 5. The fraction of sp³-hybridized carbons (Fsp3) is 0.857. The first-order valence-corrected chi connectivity index (χ1v) is 7.39. The Balaban J connectivity index is 0.00000400. The van der Waals surface area contributed by atoms with E-state index in [2.05, 4.69) is 15.4 Å². The van der Waals surface area contributed by atoms with Gasteiger partial charge in [0.1, 0.15) is 0 Å². The molecule has 0 aromatic heterocycles. The van der Waals surface area contributed by atoms with Crippen LogP contribution >= 0.6 is 12.4 Å². The van der Waals surface area contributed by atoms with Crippen molar-refractivity contribution in [1.82, 2.24) is 10.6 Å². The maximum atomic E-state index is 11.7. The molecule has 124 valence electrons. The molecule has 2 unspecified atom stereocenters. The Kier molecular flexibility index (Phi) is 11.3. The van der Waals surface area contributed by atoms with Crippen LogP contribution in [0.3, 0.4) is 0 Å². The van der Waals surface area contributed by atoms with Gasteiger partial charge in [-0.15, -0.1) is 12.4 Å². The molecule has 1 rings (SSSR count). The van der Waals surface area contributed by atoms with Crippen LogP contribution in [-0.4, -0.2) is 49.3 Å². The second-order valence-corrected chi connectivity index (χ2v) is 5.24. The van der Waals surface area contributed by atoms with Gasteiger partial charge >= 0.3 is 5.97 Å². The van der Waals surface area contributed by atoms with Crippen molar-refractivity contribution in [2.75, 3.05) is 20.2 Å². The molecule has 0 aromatic rings. The number of carbonyl (C=O) groups excluding carboxylic acids is 2. The lowest BCUT2D eigenvalue weighted by Gasteiger charge is -2.10. The van der Waals surface area contributed by atoms with Gasteiger partial charge in [-0.25, -0.2) is 0 Å². The third-order valence-electron chi connectivity index (χ3n) is 3.51. The monoisotopic (exact) mass is 322 g/mol. The molecule has 3 N–H and O–H groups in total. The molecule has 6 nitrogen and oxygen atoms in total. The smallest absolute Gasteiger partial charge is 0.305 e. The average Bonchev–Trinajstić information content (AvgIpc) is 2.87. The van der Waals surface area contributed by atoms with Gasteiger partial charge in [0.05, 0.1) is 19.3 Å². The van der Waals surface area contributed by atoms with Gasteiger partial charge in [0.15, 0.2) is 0 Å². The zero-order chi connectivity index (χ0) is 14.8. The molecule has 0 aliphatic carbocycles. The van der Waals surface area contributed by atoms with Crippen LogP contribution in [0.15, 0.2) is 0 Å². The van der Waals surface area contributed by atoms with Crippen molar-refractivity contribution in [1.29, 1.82) is 0 Å². The van der Waals surface area contributed by atoms with E-state index >= 15 is 0 Å². The standard InChI is InChI=1S/C14H26N2O4.ClH/c1-20-13(18)7-5-3-2-4-6-8-15-14(19)12-9-11(17)10-16-12;/h11-12,16-17H,2-10H2,1H3,(H,15,19);1H. The lowest BCUT2D eigenvalue weighted by Crippen LogP contribution is -2.40. The van der Waals surface area contributed by atoms with Crippen LogP contribution in [0.4, 0.5) is 0 Å². The van der Waals surface area contributed by atoms with E-state index in [0.29, 0.717) is 25.9 Å². The Morgan fingerprint density at radius 1 is 1.24 bits per heavy atom. The molecule has 0 radical (unpaired) electrons. The molecule has 1 fully saturated rings. The van der Waals surface area contributed by atoms with Gasteiger partial charge in [0.25, 0.3) is 0 Å². The van der Waals surface area contributed by atoms with E-state index in [1.807, 2.05) is 0 Å². The number of rotatable bonds is 9. The van der Waals surface area contributed by atoms with Crippen LogP contribution in [0.1, 0.15) is 44.9 Å². The van der Waals surface area contributed by atoms with E-state index in [1.165, 1.54) is 7.11 Å². The van der Waals surface area contributed by atoms with Crippen LogP contribution in [-0.2, 0) is 14.3 Å². The highest BCUT2D eigenvalue weighted by atomic mass is 35.5. The highest BCUT2D eigenvalue weighted by molar-refractivity contribution is 5.85. The van der Waals surface area contributed by atoms with Crippen molar-refractivity contribution in [3.8, 4) is 0 Å². The van der Waals surface area contributed by atoms with E-state index in [0.717, 1.165) is 32.1 Å². The predicted molar refractivity (Wildman–Crippen MR) is 82.4 cm³/mol. The van der Waals surface area contributed by atoms with Gasteiger partial charge in [0, 0.05) is 19.5 Å². The number of carbonyl (C=O) groups is 2. The Labute approximate surface area is 132 Å². The second kappa shape index (κ2) is 11.8. The van der Waals surface area contributed by atoms with E-state index in [9.17, 15) is 14.7 Å². The topological polar surface area (TPSA) is 87.7 Å².